The highest BCUT2D eigenvalue weighted by Crippen LogP contribution is 2.34. The average molecular weight is 408 g/mol. The zero-order valence-corrected chi connectivity index (χ0v) is 16.4. The summed E-state index contributed by atoms with van der Waals surface area (Å²) in [6.07, 6.45) is 5.11. The third-order valence-electron chi connectivity index (χ3n) is 5.13. The molecule has 0 bridgehead atoms. The van der Waals surface area contributed by atoms with Crippen LogP contribution in [-0.4, -0.2) is 21.6 Å². The molecular weight excluding hydrogens is 391 g/mol. The standard InChI is InChI=1S/C25H17FN4O/c26-21-7-2-1-6-20(21)17-8-9-22-24(11-17)30-25(31)12-23(29-22)18-5-3-4-16(10-18)19-13-27-15-28-14-19/h1-11,13-15H,12H2,(H,30,31). The SMILES string of the molecule is O=C1CC(c2cccc(-c3cncnc3)c2)=Nc2ccc(-c3ccccc3F)cc2N1. The van der Waals surface area contributed by atoms with Crippen molar-refractivity contribution in [2.45, 2.75) is 6.42 Å². The molecule has 0 spiro atoms. The predicted molar refractivity (Wildman–Crippen MR) is 119 cm³/mol. The van der Waals surface area contributed by atoms with Gasteiger partial charge in [0.05, 0.1) is 23.5 Å². The molecule has 0 unspecified atom stereocenters. The molecule has 1 aliphatic heterocycles. The Morgan fingerprint density at radius 3 is 2.45 bits per heavy atom. The Hall–Kier alpha value is -4.19. The molecule has 0 aliphatic carbocycles. The molecule has 6 heteroatoms. The number of benzene rings is 3. The number of anilines is 1. The van der Waals surface area contributed by atoms with Crippen LogP contribution in [0.15, 0.2) is 90.4 Å². The number of fused-ring (bicyclic) bond motifs is 1. The van der Waals surface area contributed by atoms with Gasteiger partial charge in [-0.25, -0.2) is 14.4 Å². The van der Waals surface area contributed by atoms with E-state index in [1.807, 2.05) is 30.3 Å². The molecule has 5 nitrogen and oxygen atoms in total. The van der Waals surface area contributed by atoms with Gasteiger partial charge in [-0.3, -0.25) is 9.79 Å². The summed E-state index contributed by atoms with van der Waals surface area (Å²) in [5.74, 6) is -0.482. The van der Waals surface area contributed by atoms with E-state index in [0.717, 1.165) is 16.7 Å². The molecule has 0 saturated carbocycles. The second-order valence-corrected chi connectivity index (χ2v) is 7.20. The van der Waals surface area contributed by atoms with Gasteiger partial charge in [-0.05, 0) is 41.0 Å². The van der Waals surface area contributed by atoms with Crippen molar-refractivity contribution in [1.82, 2.24) is 9.97 Å². The second kappa shape index (κ2) is 7.91. The van der Waals surface area contributed by atoms with Crippen LogP contribution in [0.3, 0.4) is 0 Å². The Bertz CT molecular complexity index is 1320. The zero-order chi connectivity index (χ0) is 21.2. The van der Waals surface area contributed by atoms with Crippen LogP contribution >= 0.6 is 0 Å². The van der Waals surface area contributed by atoms with E-state index >= 15 is 0 Å². The molecule has 0 radical (unpaired) electrons. The quantitative estimate of drug-likeness (QED) is 0.493. The summed E-state index contributed by atoms with van der Waals surface area (Å²) in [5, 5.41) is 2.90. The topological polar surface area (TPSA) is 67.2 Å². The first-order chi connectivity index (χ1) is 15.2. The monoisotopic (exact) mass is 408 g/mol. The summed E-state index contributed by atoms with van der Waals surface area (Å²) in [6, 6.07) is 19.7. The van der Waals surface area contributed by atoms with Crippen LogP contribution in [0.1, 0.15) is 12.0 Å². The summed E-state index contributed by atoms with van der Waals surface area (Å²) in [6.45, 7) is 0. The van der Waals surface area contributed by atoms with Crippen LogP contribution in [-0.2, 0) is 4.79 Å². The molecule has 5 rings (SSSR count). The van der Waals surface area contributed by atoms with E-state index in [-0.39, 0.29) is 18.1 Å². The van der Waals surface area contributed by atoms with Gasteiger partial charge >= 0.3 is 0 Å². The van der Waals surface area contributed by atoms with Crippen molar-refractivity contribution in [3.8, 4) is 22.3 Å². The maximum absolute atomic E-state index is 14.2. The van der Waals surface area contributed by atoms with E-state index < -0.39 is 0 Å². The number of hydrogen-bond donors (Lipinski definition) is 1. The number of nitrogens with one attached hydrogen (secondary N) is 1. The van der Waals surface area contributed by atoms with E-state index in [4.69, 9.17) is 4.99 Å². The van der Waals surface area contributed by atoms with Crippen LogP contribution in [0.25, 0.3) is 22.3 Å². The second-order valence-electron chi connectivity index (χ2n) is 7.20. The molecule has 31 heavy (non-hydrogen) atoms. The van der Waals surface area contributed by atoms with E-state index in [1.54, 1.807) is 42.7 Å². The number of carbonyl (C=O) groups is 1. The van der Waals surface area contributed by atoms with Crippen molar-refractivity contribution in [1.29, 1.82) is 0 Å². The Morgan fingerprint density at radius 2 is 1.61 bits per heavy atom. The van der Waals surface area contributed by atoms with Crippen LogP contribution < -0.4 is 5.32 Å². The highest BCUT2D eigenvalue weighted by Gasteiger charge is 2.19. The fourth-order valence-corrected chi connectivity index (χ4v) is 3.62. The van der Waals surface area contributed by atoms with E-state index in [0.29, 0.717) is 28.2 Å². The van der Waals surface area contributed by atoms with Gasteiger partial charge in [-0.1, -0.05) is 42.5 Å². The normalized spacial score (nSPS) is 13.1. The Balaban J connectivity index is 1.55. The smallest absolute Gasteiger partial charge is 0.230 e. The summed E-state index contributed by atoms with van der Waals surface area (Å²) < 4.78 is 14.2. The van der Waals surface area contributed by atoms with Gasteiger partial charge < -0.3 is 5.32 Å². The van der Waals surface area contributed by atoms with E-state index in [2.05, 4.69) is 15.3 Å². The first-order valence-electron chi connectivity index (χ1n) is 9.79. The van der Waals surface area contributed by atoms with Gasteiger partial charge in [0.2, 0.25) is 5.91 Å². The lowest BCUT2D eigenvalue weighted by Crippen LogP contribution is -2.15. The molecule has 0 atom stereocenters. The number of halogens is 1. The van der Waals surface area contributed by atoms with Crippen molar-refractivity contribution >= 4 is 23.0 Å². The van der Waals surface area contributed by atoms with Gasteiger partial charge in [0.25, 0.3) is 0 Å². The van der Waals surface area contributed by atoms with Crippen LogP contribution in [0.4, 0.5) is 15.8 Å². The largest absolute Gasteiger partial charge is 0.324 e. The van der Waals surface area contributed by atoms with Crippen molar-refractivity contribution in [2.75, 3.05) is 5.32 Å². The first kappa shape index (κ1) is 18.8. The Morgan fingerprint density at radius 1 is 0.806 bits per heavy atom. The van der Waals surface area contributed by atoms with Gasteiger partial charge in [0.1, 0.15) is 12.1 Å². The maximum Gasteiger partial charge on any atom is 0.230 e. The molecule has 150 valence electrons. The lowest BCUT2D eigenvalue weighted by molar-refractivity contribution is -0.115. The number of carbonyl (C=O) groups excluding carboxylic acids is 1. The Labute approximate surface area is 178 Å². The molecule has 1 N–H and O–H groups in total. The zero-order valence-electron chi connectivity index (χ0n) is 16.4. The summed E-state index contributed by atoms with van der Waals surface area (Å²) in [7, 11) is 0. The summed E-state index contributed by atoms with van der Waals surface area (Å²) in [5.41, 5.74) is 5.70. The number of aromatic nitrogens is 2. The lowest BCUT2D eigenvalue weighted by Gasteiger charge is -2.09. The summed E-state index contributed by atoms with van der Waals surface area (Å²) in [4.78, 5) is 25.5. The van der Waals surface area contributed by atoms with Gasteiger partial charge in [0.15, 0.2) is 0 Å². The van der Waals surface area contributed by atoms with Crippen molar-refractivity contribution in [3.05, 3.63) is 96.8 Å². The molecule has 0 saturated heterocycles. The number of rotatable bonds is 3. The number of amides is 1. The molecule has 1 aromatic heterocycles. The maximum atomic E-state index is 14.2. The molecule has 4 aromatic rings. The van der Waals surface area contributed by atoms with Gasteiger partial charge in [-0.15, -0.1) is 0 Å². The minimum atomic E-state index is -0.312. The number of hydrogen-bond acceptors (Lipinski definition) is 4. The first-order valence-corrected chi connectivity index (χ1v) is 9.79. The molecule has 0 fully saturated rings. The van der Waals surface area contributed by atoms with Crippen LogP contribution in [0.5, 0.6) is 0 Å². The fourth-order valence-electron chi connectivity index (χ4n) is 3.62. The van der Waals surface area contributed by atoms with Crippen molar-refractivity contribution in [3.63, 3.8) is 0 Å². The van der Waals surface area contributed by atoms with E-state index in [9.17, 15) is 9.18 Å². The minimum absolute atomic E-state index is 0.137. The Kier molecular flexibility index (Phi) is 4.80. The van der Waals surface area contributed by atoms with Gasteiger partial charge in [-0.2, -0.15) is 0 Å². The minimum Gasteiger partial charge on any atom is -0.324 e. The lowest BCUT2D eigenvalue weighted by atomic mass is 10.0. The average Bonchev–Trinajstić information content (AvgIpc) is 2.97. The fraction of sp³-hybridized carbons (Fsp3) is 0.0400. The highest BCUT2D eigenvalue weighted by molar-refractivity contribution is 6.17. The molecule has 1 aliphatic rings. The van der Waals surface area contributed by atoms with Gasteiger partial charge in [0, 0.05) is 23.5 Å². The number of aliphatic imine (C=N–C) groups is 1. The molecular formula is C25H17FN4O. The molecule has 1 amide bonds. The predicted octanol–water partition coefficient (Wildman–Crippen LogP) is 5.41. The number of nitrogens with zero attached hydrogens (tertiary/aromatic N) is 3. The third-order valence-corrected chi connectivity index (χ3v) is 5.13. The van der Waals surface area contributed by atoms with Crippen LogP contribution in [0, 0.1) is 5.82 Å². The van der Waals surface area contributed by atoms with E-state index in [1.165, 1.54) is 12.4 Å². The summed E-state index contributed by atoms with van der Waals surface area (Å²) >= 11 is 0. The van der Waals surface area contributed by atoms with Crippen molar-refractivity contribution in [2.24, 2.45) is 4.99 Å². The molecule has 2 heterocycles. The van der Waals surface area contributed by atoms with Crippen LogP contribution in [0.2, 0.25) is 0 Å². The molecule has 3 aromatic carbocycles. The highest BCUT2D eigenvalue weighted by atomic mass is 19.1. The van der Waals surface area contributed by atoms with Crippen molar-refractivity contribution < 1.29 is 9.18 Å². The third kappa shape index (κ3) is 3.83.